The first-order valence-corrected chi connectivity index (χ1v) is 8.60. The summed E-state index contributed by atoms with van der Waals surface area (Å²) in [6.07, 6.45) is -2.50. The van der Waals surface area contributed by atoms with E-state index in [1.165, 1.54) is 41.3 Å². The molecule has 0 unspecified atom stereocenters. The van der Waals surface area contributed by atoms with Crippen LogP contribution in [0.2, 0.25) is 0 Å². The number of aromatic nitrogens is 2. The lowest BCUT2D eigenvalue weighted by Crippen LogP contribution is -2.41. The Kier molecular flexibility index (Phi) is 4.23. The van der Waals surface area contributed by atoms with Gasteiger partial charge in [-0.1, -0.05) is 24.3 Å². The fourth-order valence-corrected chi connectivity index (χ4v) is 3.71. The van der Waals surface area contributed by atoms with Gasteiger partial charge >= 0.3 is 12.1 Å². The maximum Gasteiger partial charge on any atom is 0.425 e. The molecule has 4 rings (SSSR count). The highest BCUT2D eigenvalue weighted by atomic mass is 19.4. The quantitative estimate of drug-likeness (QED) is 0.644. The minimum absolute atomic E-state index is 0.0515. The van der Waals surface area contributed by atoms with Crippen molar-refractivity contribution in [3.05, 3.63) is 65.7 Å². The van der Waals surface area contributed by atoms with Gasteiger partial charge in [-0.2, -0.15) is 18.3 Å². The zero-order chi connectivity index (χ0) is 21.0. The molecule has 3 aromatic rings. The third kappa shape index (κ3) is 2.89. The van der Waals surface area contributed by atoms with Crippen LogP contribution in [0.15, 0.2) is 48.8 Å². The first-order chi connectivity index (χ1) is 13.6. The number of carbonyl (C=O) groups is 1. The number of hydrogen-bond acceptors (Lipinski definition) is 3. The zero-order valence-corrected chi connectivity index (χ0v) is 14.7. The van der Waals surface area contributed by atoms with Crippen LogP contribution in [0, 0.1) is 5.82 Å². The fraction of sp³-hybridized carbons (Fsp3) is 0.200. The van der Waals surface area contributed by atoms with Gasteiger partial charge in [0.2, 0.25) is 5.60 Å². The van der Waals surface area contributed by atoms with Crippen LogP contribution in [0.5, 0.6) is 0 Å². The summed E-state index contributed by atoms with van der Waals surface area (Å²) in [4.78, 5) is 10.7. The number of rotatable bonds is 4. The topological polar surface area (TPSA) is 75.3 Å². The second kappa shape index (κ2) is 6.41. The van der Waals surface area contributed by atoms with Gasteiger partial charge in [-0.05, 0) is 28.8 Å². The van der Waals surface area contributed by atoms with E-state index >= 15 is 0 Å². The van der Waals surface area contributed by atoms with Gasteiger partial charge in [-0.15, -0.1) is 0 Å². The summed E-state index contributed by atoms with van der Waals surface area (Å²) < 4.78 is 57.4. The molecule has 9 heteroatoms. The lowest BCUT2D eigenvalue weighted by molar-refractivity contribution is -0.246. The molecule has 0 spiro atoms. The summed E-state index contributed by atoms with van der Waals surface area (Å²) in [7, 11) is 0. The second-order valence-corrected chi connectivity index (χ2v) is 6.77. The van der Waals surface area contributed by atoms with Gasteiger partial charge in [-0.25, -0.2) is 4.39 Å². The molecule has 0 bridgehead atoms. The largest absolute Gasteiger partial charge is 0.481 e. The zero-order valence-electron chi connectivity index (χ0n) is 14.7. The average molecular weight is 406 g/mol. The van der Waals surface area contributed by atoms with Crippen molar-refractivity contribution in [1.82, 2.24) is 9.78 Å². The van der Waals surface area contributed by atoms with Gasteiger partial charge in [-0.3, -0.25) is 9.48 Å². The van der Waals surface area contributed by atoms with Crippen molar-refractivity contribution in [1.29, 1.82) is 0 Å². The van der Waals surface area contributed by atoms with E-state index < -0.39 is 29.1 Å². The molecule has 0 amide bonds. The molecule has 29 heavy (non-hydrogen) atoms. The van der Waals surface area contributed by atoms with E-state index in [4.69, 9.17) is 5.11 Å². The highest BCUT2D eigenvalue weighted by molar-refractivity contribution is 5.92. The number of carboxylic acids is 1. The standard InChI is InChI=1S/C20H14F4N2O3/c21-12-7-14(11-9-25-26(10-11)6-5-17(27)28)18-13-3-1-2-4-15(13)19(29,16(18)8-12)20(22,23)24/h1-4,7-10,29H,5-6H2,(H,27,28)/t19-/m1/s1. The molecule has 1 heterocycles. The molecule has 0 saturated carbocycles. The molecule has 1 aliphatic rings. The van der Waals surface area contributed by atoms with E-state index in [0.29, 0.717) is 11.6 Å². The Morgan fingerprint density at radius 1 is 1.14 bits per heavy atom. The number of alkyl halides is 3. The van der Waals surface area contributed by atoms with E-state index in [-0.39, 0.29) is 35.2 Å². The smallest absolute Gasteiger partial charge is 0.425 e. The van der Waals surface area contributed by atoms with E-state index in [1.54, 1.807) is 0 Å². The van der Waals surface area contributed by atoms with Crippen LogP contribution in [-0.2, 0) is 16.9 Å². The number of benzene rings is 2. The molecule has 2 aromatic carbocycles. The van der Waals surface area contributed by atoms with Crippen LogP contribution in [-0.4, -0.2) is 32.1 Å². The molecule has 2 N–H and O–H groups in total. The van der Waals surface area contributed by atoms with E-state index in [0.717, 1.165) is 6.07 Å². The molecular formula is C20H14F4N2O3. The first-order valence-electron chi connectivity index (χ1n) is 8.60. The Labute approximate surface area is 161 Å². The van der Waals surface area contributed by atoms with Gasteiger partial charge < -0.3 is 10.2 Å². The summed E-state index contributed by atoms with van der Waals surface area (Å²) in [5.74, 6) is -1.97. The van der Waals surface area contributed by atoms with Crippen molar-refractivity contribution in [2.75, 3.05) is 0 Å². The highest BCUT2D eigenvalue weighted by Gasteiger charge is 2.61. The number of hydrogen-bond donors (Lipinski definition) is 2. The number of nitrogens with zero attached hydrogens (tertiary/aromatic N) is 2. The third-order valence-corrected chi connectivity index (χ3v) is 4.99. The number of aryl methyl sites for hydroxylation is 1. The number of aliphatic carboxylic acids is 1. The molecule has 1 atom stereocenters. The maximum absolute atomic E-state index is 14.3. The highest BCUT2D eigenvalue weighted by Crippen LogP contribution is 2.57. The van der Waals surface area contributed by atoms with Gasteiger partial charge in [0.15, 0.2) is 0 Å². The SMILES string of the molecule is O=C(O)CCn1cc(-c2cc(F)cc3c2-c2ccccc2[C@]3(O)C(F)(F)F)cn1. The van der Waals surface area contributed by atoms with E-state index in [1.807, 2.05) is 0 Å². The summed E-state index contributed by atoms with van der Waals surface area (Å²) in [6.45, 7) is 0.0515. The normalized spacial score (nSPS) is 17.8. The molecule has 1 aliphatic carbocycles. The second-order valence-electron chi connectivity index (χ2n) is 6.77. The Balaban J connectivity index is 1.94. The maximum atomic E-state index is 14.3. The van der Waals surface area contributed by atoms with Crippen molar-refractivity contribution in [3.63, 3.8) is 0 Å². The summed E-state index contributed by atoms with van der Waals surface area (Å²) >= 11 is 0. The monoisotopic (exact) mass is 406 g/mol. The van der Waals surface area contributed by atoms with E-state index in [2.05, 4.69) is 5.10 Å². The summed E-state index contributed by atoms with van der Waals surface area (Å²) in [5, 5.41) is 23.5. The van der Waals surface area contributed by atoms with Gasteiger partial charge in [0.05, 0.1) is 19.2 Å². The van der Waals surface area contributed by atoms with Crippen LogP contribution in [0.1, 0.15) is 17.5 Å². The van der Waals surface area contributed by atoms with Crippen LogP contribution in [0.4, 0.5) is 17.6 Å². The number of carboxylic acid groups (broad SMARTS) is 1. The molecule has 0 radical (unpaired) electrons. The molecule has 1 aromatic heterocycles. The van der Waals surface area contributed by atoms with Crippen LogP contribution < -0.4 is 0 Å². The van der Waals surface area contributed by atoms with Gasteiger partial charge in [0.1, 0.15) is 5.82 Å². The average Bonchev–Trinajstić information content (AvgIpc) is 3.22. The van der Waals surface area contributed by atoms with Crippen molar-refractivity contribution < 1.29 is 32.6 Å². The van der Waals surface area contributed by atoms with Crippen LogP contribution >= 0.6 is 0 Å². The lowest BCUT2D eigenvalue weighted by atomic mass is 9.89. The molecule has 0 aliphatic heterocycles. The van der Waals surface area contributed by atoms with Crippen molar-refractivity contribution in [2.24, 2.45) is 0 Å². The van der Waals surface area contributed by atoms with Crippen LogP contribution in [0.25, 0.3) is 22.3 Å². The minimum atomic E-state index is -5.06. The number of aliphatic hydroxyl groups is 1. The summed E-state index contributed by atoms with van der Waals surface area (Å²) in [6, 6.07) is 7.29. The fourth-order valence-electron chi connectivity index (χ4n) is 3.71. The number of halogens is 4. The van der Waals surface area contributed by atoms with Crippen molar-refractivity contribution >= 4 is 5.97 Å². The minimum Gasteiger partial charge on any atom is -0.481 e. The molecule has 150 valence electrons. The van der Waals surface area contributed by atoms with Crippen molar-refractivity contribution in [2.45, 2.75) is 24.7 Å². The summed E-state index contributed by atoms with van der Waals surface area (Å²) in [5.41, 5.74) is -3.63. The molecular weight excluding hydrogens is 392 g/mol. The molecule has 0 fully saturated rings. The predicted octanol–water partition coefficient (Wildman–Crippen LogP) is 3.94. The van der Waals surface area contributed by atoms with Gasteiger partial charge in [0.25, 0.3) is 0 Å². The Morgan fingerprint density at radius 3 is 2.55 bits per heavy atom. The Bertz CT molecular complexity index is 1120. The van der Waals surface area contributed by atoms with Crippen molar-refractivity contribution in [3.8, 4) is 22.3 Å². The lowest BCUT2D eigenvalue weighted by Gasteiger charge is -2.28. The van der Waals surface area contributed by atoms with Gasteiger partial charge in [0, 0.05) is 22.9 Å². The number of fused-ring (bicyclic) bond motifs is 3. The van der Waals surface area contributed by atoms with E-state index in [9.17, 15) is 27.5 Å². The van der Waals surface area contributed by atoms with Crippen LogP contribution in [0.3, 0.4) is 0 Å². The Hall–Kier alpha value is -3.20. The molecule has 0 saturated heterocycles. The molecule has 5 nitrogen and oxygen atoms in total. The predicted molar refractivity (Wildman–Crippen MR) is 94.4 cm³/mol. The third-order valence-electron chi connectivity index (χ3n) is 4.99. The Morgan fingerprint density at radius 2 is 1.86 bits per heavy atom. The first kappa shape index (κ1) is 19.1.